The van der Waals surface area contributed by atoms with Crippen molar-refractivity contribution in [2.75, 3.05) is 26.2 Å². The lowest BCUT2D eigenvalue weighted by Crippen LogP contribution is -2.40. The molecule has 0 amide bonds. The van der Waals surface area contributed by atoms with Gasteiger partial charge in [0.1, 0.15) is 18.5 Å². The largest absolute Gasteiger partial charge is 0.490 e. The summed E-state index contributed by atoms with van der Waals surface area (Å²) < 4.78 is 7.38. The second kappa shape index (κ2) is 11.8. The molecule has 0 spiro atoms. The van der Waals surface area contributed by atoms with Crippen molar-refractivity contribution in [1.29, 1.82) is 0 Å². The first-order valence-electron chi connectivity index (χ1n) is 12.3. The molecule has 0 unspecified atom stereocenters. The number of nitrogens with one attached hydrogen (secondary N) is 1. The molecule has 1 saturated heterocycles. The van der Waals surface area contributed by atoms with E-state index in [0.29, 0.717) is 19.1 Å². The van der Waals surface area contributed by atoms with Crippen molar-refractivity contribution in [3.8, 4) is 5.75 Å². The molecule has 0 aliphatic carbocycles. The minimum atomic E-state index is -1.82. The Morgan fingerprint density at radius 3 is 2.51 bits per heavy atom. The summed E-state index contributed by atoms with van der Waals surface area (Å²) in [5.74, 6) is -2.18. The number of thiophene rings is 1. The number of aliphatic carboxylic acids is 2. The molecule has 1 fully saturated rings. The summed E-state index contributed by atoms with van der Waals surface area (Å²) in [4.78, 5) is 25.4. The number of carbonyl (C=O) groups is 2. The van der Waals surface area contributed by atoms with E-state index in [0.717, 1.165) is 48.3 Å². The number of aryl methyl sites for hydroxylation is 2. The summed E-state index contributed by atoms with van der Waals surface area (Å²) >= 11 is 1.95. The van der Waals surface area contributed by atoms with E-state index in [9.17, 15) is 5.11 Å². The molecular formula is C28H32N2O6S. The lowest BCUT2D eigenvalue weighted by atomic mass is 9.94. The molecule has 4 aromatic rings. The average Bonchev–Trinajstić information content (AvgIpc) is 3.46. The Balaban J connectivity index is 0.000000480. The number of carboxylic acid groups (broad SMARTS) is 2. The van der Waals surface area contributed by atoms with Crippen molar-refractivity contribution in [3.63, 3.8) is 0 Å². The summed E-state index contributed by atoms with van der Waals surface area (Å²) in [6, 6.07) is 17.2. The fourth-order valence-electron chi connectivity index (χ4n) is 4.69. The number of aromatic nitrogens is 1. The van der Waals surface area contributed by atoms with E-state index in [1.165, 1.54) is 20.5 Å². The molecule has 2 aromatic heterocycles. The van der Waals surface area contributed by atoms with Crippen LogP contribution in [0.2, 0.25) is 0 Å². The van der Waals surface area contributed by atoms with Crippen LogP contribution in [0.15, 0.2) is 48.5 Å². The van der Waals surface area contributed by atoms with Gasteiger partial charge in [-0.25, -0.2) is 9.59 Å². The van der Waals surface area contributed by atoms with Crippen molar-refractivity contribution in [1.82, 2.24) is 9.88 Å². The van der Waals surface area contributed by atoms with E-state index in [2.05, 4.69) is 47.1 Å². The van der Waals surface area contributed by atoms with E-state index < -0.39 is 18.0 Å². The summed E-state index contributed by atoms with van der Waals surface area (Å²) in [5.41, 5.74) is 3.51. The molecule has 0 radical (unpaired) electrons. The Labute approximate surface area is 219 Å². The van der Waals surface area contributed by atoms with Crippen molar-refractivity contribution in [3.05, 3.63) is 64.7 Å². The van der Waals surface area contributed by atoms with Crippen LogP contribution in [0, 0.1) is 13.8 Å². The van der Waals surface area contributed by atoms with Gasteiger partial charge in [0.25, 0.3) is 0 Å². The fraction of sp³-hybridized carbons (Fsp3) is 0.357. The highest BCUT2D eigenvalue weighted by Gasteiger charge is 2.24. The third-order valence-corrected chi connectivity index (χ3v) is 7.79. The van der Waals surface area contributed by atoms with Gasteiger partial charge in [0, 0.05) is 32.7 Å². The number of aromatic amines is 1. The number of ether oxygens (including phenoxy) is 1. The Morgan fingerprint density at radius 2 is 1.81 bits per heavy atom. The molecule has 1 atom stereocenters. The van der Waals surface area contributed by atoms with Crippen LogP contribution in [0.1, 0.15) is 34.9 Å². The van der Waals surface area contributed by atoms with Crippen molar-refractivity contribution < 1.29 is 29.6 Å². The van der Waals surface area contributed by atoms with E-state index in [4.69, 9.17) is 24.5 Å². The number of hydrogen-bond donors (Lipinski definition) is 4. The maximum absolute atomic E-state index is 10.6. The molecule has 5 rings (SSSR count). The number of aliphatic hydroxyl groups excluding tert-OH is 1. The van der Waals surface area contributed by atoms with Gasteiger partial charge in [0.2, 0.25) is 0 Å². The Morgan fingerprint density at radius 1 is 1.08 bits per heavy atom. The normalized spacial score (nSPS) is 15.3. The van der Waals surface area contributed by atoms with Gasteiger partial charge in [0.15, 0.2) is 0 Å². The number of likely N-dealkylation sites (tertiary alicyclic amines) is 1. The minimum absolute atomic E-state index is 0.318. The van der Waals surface area contributed by atoms with E-state index in [1.807, 2.05) is 36.5 Å². The van der Waals surface area contributed by atoms with Crippen LogP contribution in [0.4, 0.5) is 0 Å². The number of H-pyrrole nitrogens is 1. The molecule has 196 valence electrons. The number of carboxylic acids is 2. The quantitative estimate of drug-likeness (QED) is 0.268. The van der Waals surface area contributed by atoms with Gasteiger partial charge in [-0.2, -0.15) is 0 Å². The van der Waals surface area contributed by atoms with Crippen LogP contribution < -0.4 is 4.74 Å². The van der Waals surface area contributed by atoms with Crippen LogP contribution in [0.25, 0.3) is 21.0 Å². The first kappa shape index (κ1) is 26.7. The molecule has 0 bridgehead atoms. The highest BCUT2D eigenvalue weighted by molar-refractivity contribution is 7.19. The van der Waals surface area contributed by atoms with E-state index in [1.54, 1.807) is 0 Å². The standard InChI is InChI=1S/C26H30N2O2S.C2H2O4/c1-17-6-7-20-14-26(31-25(20)12-17)19-8-10-28(11-9-19)15-21(29)16-30-24-5-3-4-23-22(24)13-18(2)27-23;3-1(4)2(5)6/h3-7,12-14,19,21,27,29H,8-11,15-16H2,1-2H3;(H,3,4)(H,5,6)/t21-;/m0./s1. The van der Waals surface area contributed by atoms with Crippen molar-refractivity contribution in [2.24, 2.45) is 0 Å². The number of β-amino-alcohol motifs (C(OH)–C–C–N with tert-alkyl or cyclic N) is 1. The number of hydrogen-bond acceptors (Lipinski definition) is 6. The van der Waals surface area contributed by atoms with Crippen molar-refractivity contribution >= 4 is 44.3 Å². The number of nitrogens with zero attached hydrogens (tertiary/aromatic N) is 1. The van der Waals surface area contributed by atoms with Gasteiger partial charge in [0.05, 0.1) is 0 Å². The number of piperidine rings is 1. The Kier molecular flexibility index (Phi) is 8.48. The smallest absolute Gasteiger partial charge is 0.414 e. The van der Waals surface area contributed by atoms with E-state index in [-0.39, 0.29) is 0 Å². The molecule has 37 heavy (non-hydrogen) atoms. The average molecular weight is 525 g/mol. The molecule has 9 heteroatoms. The molecule has 1 aliphatic rings. The second-order valence-electron chi connectivity index (χ2n) is 9.51. The van der Waals surface area contributed by atoms with Gasteiger partial charge in [-0.05, 0) is 87.0 Å². The summed E-state index contributed by atoms with van der Waals surface area (Å²) in [7, 11) is 0. The highest BCUT2D eigenvalue weighted by atomic mass is 32.1. The maximum Gasteiger partial charge on any atom is 0.414 e. The predicted octanol–water partition coefficient (Wildman–Crippen LogP) is 4.77. The zero-order valence-electron chi connectivity index (χ0n) is 20.9. The third kappa shape index (κ3) is 6.88. The summed E-state index contributed by atoms with van der Waals surface area (Å²) in [5, 5.41) is 27.8. The van der Waals surface area contributed by atoms with Crippen LogP contribution in [-0.2, 0) is 9.59 Å². The first-order valence-corrected chi connectivity index (χ1v) is 13.1. The molecular weight excluding hydrogens is 492 g/mol. The van der Waals surface area contributed by atoms with Gasteiger partial charge in [-0.3, -0.25) is 0 Å². The zero-order valence-corrected chi connectivity index (χ0v) is 21.8. The number of fused-ring (bicyclic) bond motifs is 2. The molecule has 0 saturated carbocycles. The second-order valence-corrected chi connectivity index (χ2v) is 10.6. The number of rotatable bonds is 6. The number of benzene rings is 2. The molecule has 8 nitrogen and oxygen atoms in total. The third-order valence-electron chi connectivity index (χ3n) is 6.53. The van der Waals surface area contributed by atoms with Gasteiger partial charge >= 0.3 is 11.9 Å². The van der Waals surface area contributed by atoms with Crippen molar-refractivity contribution in [2.45, 2.75) is 38.7 Å². The summed E-state index contributed by atoms with van der Waals surface area (Å²) in [6.07, 6.45) is 1.82. The molecule has 2 aromatic carbocycles. The van der Waals surface area contributed by atoms with Crippen LogP contribution in [0.5, 0.6) is 5.75 Å². The Bertz CT molecular complexity index is 1370. The fourth-order valence-corrected chi connectivity index (χ4v) is 6.02. The SMILES string of the molecule is Cc1ccc2cc(C3CCN(C[C@H](O)COc4cccc5[nH]c(C)cc45)CC3)sc2c1.O=C(O)C(=O)O. The summed E-state index contributed by atoms with van der Waals surface area (Å²) in [6.45, 7) is 7.25. The monoisotopic (exact) mass is 524 g/mol. The lowest BCUT2D eigenvalue weighted by Gasteiger charge is -2.32. The highest BCUT2D eigenvalue weighted by Crippen LogP contribution is 2.36. The van der Waals surface area contributed by atoms with Crippen LogP contribution >= 0.6 is 11.3 Å². The molecule has 1 aliphatic heterocycles. The van der Waals surface area contributed by atoms with E-state index >= 15 is 0 Å². The Hall–Kier alpha value is -3.40. The predicted molar refractivity (Wildman–Crippen MR) is 145 cm³/mol. The molecule has 3 heterocycles. The topological polar surface area (TPSA) is 123 Å². The van der Waals surface area contributed by atoms with Crippen LogP contribution in [0.3, 0.4) is 0 Å². The zero-order chi connectivity index (χ0) is 26.5. The first-order chi connectivity index (χ1) is 17.7. The molecule has 4 N–H and O–H groups in total. The van der Waals surface area contributed by atoms with Gasteiger partial charge in [-0.1, -0.05) is 18.2 Å². The number of aliphatic hydroxyl groups is 1. The van der Waals surface area contributed by atoms with Gasteiger partial charge < -0.3 is 29.9 Å². The maximum atomic E-state index is 10.6. The lowest BCUT2D eigenvalue weighted by molar-refractivity contribution is -0.159. The minimum Gasteiger partial charge on any atom is -0.490 e. The van der Waals surface area contributed by atoms with Gasteiger partial charge in [-0.15, -0.1) is 11.3 Å². The van der Waals surface area contributed by atoms with Crippen LogP contribution in [-0.4, -0.2) is 69.5 Å².